The normalized spacial score (nSPS) is 10.1. The fraction of sp³-hybridized carbons (Fsp3) is 0.429. The van der Waals surface area contributed by atoms with Gasteiger partial charge in [0.05, 0.1) is 5.69 Å². The van der Waals surface area contributed by atoms with Crippen molar-refractivity contribution in [2.75, 3.05) is 5.75 Å². The van der Waals surface area contributed by atoms with Crippen LogP contribution in [0.5, 0.6) is 0 Å². The molecule has 1 aromatic rings. The molecule has 4 nitrogen and oxygen atoms in total. The van der Waals surface area contributed by atoms with Gasteiger partial charge in [0, 0.05) is 5.75 Å². The second kappa shape index (κ2) is 4.15. The van der Waals surface area contributed by atoms with E-state index in [1.165, 1.54) is 6.26 Å². The number of hydrogen-bond acceptors (Lipinski definition) is 4. The number of thioether (sulfide) groups is 1. The van der Waals surface area contributed by atoms with Crippen molar-refractivity contribution >= 4 is 17.7 Å². The molecule has 66 valence electrons. The van der Waals surface area contributed by atoms with Crippen LogP contribution in [0.2, 0.25) is 0 Å². The van der Waals surface area contributed by atoms with Crippen LogP contribution in [0.1, 0.15) is 23.3 Å². The molecule has 0 radical (unpaired) electrons. The Morgan fingerprint density at radius 3 is 3.08 bits per heavy atom. The standard InChI is InChI=1S/C7H9NO3S/c1-2-12-4-5-3-11-6(8-5)7(9)10/h3H,2,4H2,1H3,(H,9,10). The summed E-state index contributed by atoms with van der Waals surface area (Å²) in [4.78, 5) is 14.1. The van der Waals surface area contributed by atoms with E-state index in [1.54, 1.807) is 11.8 Å². The molecule has 1 rings (SSSR count). The van der Waals surface area contributed by atoms with E-state index in [1.807, 2.05) is 6.92 Å². The number of carboxylic acid groups (broad SMARTS) is 1. The van der Waals surface area contributed by atoms with Crippen LogP contribution in [0.3, 0.4) is 0 Å². The van der Waals surface area contributed by atoms with Crippen LogP contribution >= 0.6 is 11.8 Å². The minimum atomic E-state index is -1.12. The number of carbonyl (C=O) groups is 1. The van der Waals surface area contributed by atoms with Crippen molar-refractivity contribution in [3.05, 3.63) is 17.8 Å². The molecule has 5 heteroatoms. The molecule has 0 atom stereocenters. The molecular weight excluding hydrogens is 178 g/mol. The second-order valence-corrected chi connectivity index (χ2v) is 3.36. The number of rotatable bonds is 4. The molecule has 0 aliphatic carbocycles. The first-order valence-corrected chi connectivity index (χ1v) is 4.65. The summed E-state index contributed by atoms with van der Waals surface area (Å²) in [7, 11) is 0. The number of oxazole rings is 1. The van der Waals surface area contributed by atoms with Crippen LogP contribution < -0.4 is 0 Å². The molecule has 1 heterocycles. The molecule has 0 aliphatic heterocycles. The Bertz CT molecular complexity index is 271. The summed E-state index contributed by atoms with van der Waals surface area (Å²) >= 11 is 1.67. The average molecular weight is 187 g/mol. The van der Waals surface area contributed by atoms with E-state index >= 15 is 0 Å². The van der Waals surface area contributed by atoms with E-state index in [0.29, 0.717) is 11.4 Å². The van der Waals surface area contributed by atoms with Crippen molar-refractivity contribution < 1.29 is 14.3 Å². The van der Waals surface area contributed by atoms with E-state index in [2.05, 4.69) is 4.98 Å². The molecule has 0 spiro atoms. The smallest absolute Gasteiger partial charge is 0.392 e. The Kier molecular flexibility index (Phi) is 3.16. The van der Waals surface area contributed by atoms with Gasteiger partial charge in [-0.15, -0.1) is 0 Å². The third-order valence-corrected chi connectivity index (χ3v) is 2.10. The van der Waals surface area contributed by atoms with E-state index in [9.17, 15) is 4.79 Å². The van der Waals surface area contributed by atoms with Crippen LogP contribution in [0, 0.1) is 0 Å². The molecule has 0 aromatic carbocycles. The van der Waals surface area contributed by atoms with Gasteiger partial charge in [-0.25, -0.2) is 9.78 Å². The lowest BCUT2D eigenvalue weighted by molar-refractivity contribution is 0.0653. The Morgan fingerprint density at radius 2 is 2.58 bits per heavy atom. The largest absolute Gasteiger partial charge is 0.474 e. The van der Waals surface area contributed by atoms with E-state index in [4.69, 9.17) is 9.52 Å². The number of carboxylic acids is 1. The van der Waals surface area contributed by atoms with Crippen molar-refractivity contribution in [3.63, 3.8) is 0 Å². The minimum Gasteiger partial charge on any atom is -0.474 e. The third-order valence-electron chi connectivity index (χ3n) is 1.19. The van der Waals surface area contributed by atoms with Crippen LogP contribution in [-0.2, 0) is 5.75 Å². The summed E-state index contributed by atoms with van der Waals surface area (Å²) < 4.78 is 4.70. The maximum atomic E-state index is 10.3. The first-order chi connectivity index (χ1) is 5.74. The fourth-order valence-corrected chi connectivity index (χ4v) is 1.22. The zero-order valence-electron chi connectivity index (χ0n) is 6.61. The zero-order chi connectivity index (χ0) is 8.97. The number of aromatic carboxylic acids is 1. The van der Waals surface area contributed by atoms with Crippen LogP contribution in [-0.4, -0.2) is 21.8 Å². The maximum Gasteiger partial charge on any atom is 0.392 e. The highest BCUT2D eigenvalue weighted by molar-refractivity contribution is 7.98. The Hall–Kier alpha value is -0.970. The Morgan fingerprint density at radius 1 is 1.83 bits per heavy atom. The van der Waals surface area contributed by atoms with Gasteiger partial charge in [0.15, 0.2) is 0 Å². The van der Waals surface area contributed by atoms with Crippen molar-refractivity contribution in [3.8, 4) is 0 Å². The zero-order valence-corrected chi connectivity index (χ0v) is 7.43. The average Bonchev–Trinajstić information content (AvgIpc) is 2.48. The summed E-state index contributed by atoms with van der Waals surface area (Å²) in [5, 5.41) is 8.46. The third kappa shape index (κ3) is 2.27. The molecule has 0 fully saturated rings. The predicted molar refractivity (Wildman–Crippen MR) is 45.3 cm³/mol. The number of aromatic nitrogens is 1. The van der Waals surface area contributed by atoms with Crippen LogP contribution in [0.15, 0.2) is 10.7 Å². The highest BCUT2D eigenvalue weighted by Gasteiger charge is 2.10. The van der Waals surface area contributed by atoms with Gasteiger partial charge in [-0.05, 0) is 5.75 Å². The lowest BCUT2D eigenvalue weighted by atomic mass is 10.6. The molecule has 12 heavy (non-hydrogen) atoms. The first-order valence-electron chi connectivity index (χ1n) is 3.49. The predicted octanol–water partition coefficient (Wildman–Crippen LogP) is 1.63. The SMILES string of the molecule is CCSCc1coc(C(=O)O)n1. The minimum absolute atomic E-state index is 0.235. The summed E-state index contributed by atoms with van der Waals surface area (Å²) in [6, 6.07) is 0. The van der Waals surface area contributed by atoms with Gasteiger partial charge in [-0.1, -0.05) is 6.92 Å². The fourth-order valence-electron chi connectivity index (χ4n) is 0.678. The lowest BCUT2D eigenvalue weighted by Gasteiger charge is -1.89. The number of hydrogen-bond donors (Lipinski definition) is 1. The monoisotopic (exact) mass is 187 g/mol. The lowest BCUT2D eigenvalue weighted by Crippen LogP contribution is -1.96. The van der Waals surface area contributed by atoms with Crippen molar-refractivity contribution in [1.29, 1.82) is 0 Å². The van der Waals surface area contributed by atoms with E-state index < -0.39 is 5.97 Å². The van der Waals surface area contributed by atoms with Crippen molar-refractivity contribution in [1.82, 2.24) is 4.98 Å². The maximum absolute atomic E-state index is 10.3. The quantitative estimate of drug-likeness (QED) is 0.776. The van der Waals surface area contributed by atoms with Gasteiger partial charge in [0.2, 0.25) is 0 Å². The molecule has 0 unspecified atom stereocenters. The Labute approximate surface area is 74.0 Å². The van der Waals surface area contributed by atoms with Gasteiger partial charge in [0.1, 0.15) is 6.26 Å². The summed E-state index contributed by atoms with van der Waals surface area (Å²) in [6.45, 7) is 2.03. The molecule has 1 N–H and O–H groups in total. The van der Waals surface area contributed by atoms with Crippen molar-refractivity contribution in [2.45, 2.75) is 12.7 Å². The second-order valence-electron chi connectivity index (χ2n) is 2.09. The molecular formula is C7H9NO3S. The van der Waals surface area contributed by atoms with E-state index in [0.717, 1.165) is 5.75 Å². The van der Waals surface area contributed by atoms with Gasteiger partial charge >= 0.3 is 11.9 Å². The molecule has 0 saturated heterocycles. The molecule has 1 aromatic heterocycles. The van der Waals surface area contributed by atoms with Crippen LogP contribution in [0.4, 0.5) is 0 Å². The number of nitrogens with zero attached hydrogens (tertiary/aromatic N) is 1. The van der Waals surface area contributed by atoms with E-state index in [-0.39, 0.29) is 5.89 Å². The molecule has 0 saturated carbocycles. The molecule has 0 bridgehead atoms. The van der Waals surface area contributed by atoms with Gasteiger partial charge < -0.3 is 9.52 Å². The van der Waals surface area contributed by atoms with Gasteiger partial charge in [-0.2, -0.15) is 11.8 Å². The first kappa shape index (κ1) is 9.12. The summed E-state index contributed by atoms with van der Waals surface area (Å²) in [6.07, 6.45) is 1.38. The summed E-state index contributed by atoms with van der Waals surface area (Å²) in [5.41, 5.74) is 0.680. The molecule has 0 aliphatic rings. The highest BCUT2D eigenvalue weighted by Crippen LogP contribution is 2.10. The molecule has 0 amide bonds. The van der Waals surface area contributed by atoms with Crippen molar-refractivity contribution in [2.24, 2.45) is 0 Å². The Balaban J connectivity index is 2.58. The van der Waals surface area contributed by atoms with Gasteiger partial charge in [0.25, 0.3) is 0 Å². The summed E-state index contributed by atoms with van der Waals surface area (Å²) in [5.74, 6) is 0.326. The topological polar surface area (TPSA) is 63.3 Å². The highest BCUT2D eigenvalue weighted by atomic mass is 32.2. The van der Waals surface area contributed by atoms with Crippen LogP contribution in [0.25, 0.3) is 0 Å². The van der Waals surface area contributed by atoms with Gasteiger partial charge in [-0.3, -0.25) is 0 Å².